The number of hydrogen-bond acceptors (Lipinski definition) is 5. The van der Waals surface area contributed by atoms with Gasteiger partial charge in [-0.15, -0.1) is 5.10 Å². The number of hydrogen-bond donors (Lipinski definition) is 1. The summed E-state index contributed by atoms with van der Waals surface area (Å²) in [6.45, 7) is 0. The Labute approximate surface area is 157 Å². The van der Waals surface area contributed by atoms with Crippen LogP contribution < -0.4 is 9.47 Å². The third kappa shape index (κ3) is 3.29. The van der Waals surface area contributed by atoms with Gasteiger partial charge in [0.25, 0.3) is 0 Å². The van der Waals surface area contributed by atoms with E-state index >= 15 is 0 Å². The standard InChI is InChI=1S/C20H21N3O2S/c1-24-14-10-11-16(17(12-14)25-2)19-21-20(23-22-19)26-18-9-5-7-13-6-3-4-8-15(13)18/h3-4,6,8,10-12,18H,5,7,9H2,1-2H3,(H,21,22,23). The normalized spacial score (nSPS) is 16.2. The van der Waals surface area contributed by atoms with E-state index in [1.807, 2.05) is 18.2 Å². The van der Waals surface area contributed by atoms with E-state index in [-0.39, 0.29) is 0 Å². The van der Waals surface area contributed by atoms with Gasteiger partial charge in [0.1, 0.15) is 11.5 Å². The number of H-pyrrole nitrogens is 1. The first-order valence-corrected chi connectivity index (χ1v) is 9.55. The van der Waals surface area contributed by atoms with Crippen LogP contribution in [0.3, 0.4) is 0 Å². The predicted octanol–water partition coefficient (Wildman–Crippen LogP) is 4.66. The molecule has 5 nitrogen and oxygen atoms in total. The number of methoxy groups -OCH3 is 2. The summed E-state index contributed by atoms with van der Waals surface area (Å²) in [6.07, 6.45) is 3.52. The zero-order valence-corrected chi connectivity index (χ0v) is 15.7. The SMILES string of the molecule is COc1ccc(-c2nc(SC3CCCc4ccccc43)n[nH]2)c(OC)c1. The maximum Gasteiger partial charge on any atom is 0.209 e. The van der Waals surface area contributed by atoms with E-state index in [0.717, 1.165) is 29.3 Å². The molecule has 0 spiro atoms. The highest BCUT2D eigenvalue weighted by Crippen LogP contribution is 2.42. The molecule has 0 amide bonds. The van der Waals surface area contributed by atoms with Gasteiger partial charge < -0.3 is 9.47 Å². The molecule has 1 N–H and O–H groups in total. The highest BCUT2D eigenvalue weighted by Gasteiger charge is 2.23. The molecule has 0 fully saturated rings. The largest absolute Gasteiger partial charge is 0.497 e. The van der Waals surface area contributed by atoms with Crippen molar-refractivity contribution in [2.45, 2.75) is 29.7 Å². The molecule has 0 aliphatic heterocycles. The van der Waals surface area contributed by atoms with Gasteiger partial charge in [0.05, 0.1) is 19.8 Å². The summed E-state index contributed by atoms with van der Waals surface area (Å²) >= 11 is 1.72. The Kier molecular flexibility index (Phi) is 4.84. The topological polar surface area (TPSA) is 60.0 Å². The number of ether oxygens (including phenoxy) is 2. The molecular weight excluding hydrogens is 346 g/mol. The Morgan fingerprint density at radius 2 is 2.00 bits per heavy atom. The van der Waals surface area contributed by atoms with Gasteiger partial charge in [-0.05, 0) is 42.5 Å². The second-order valence-electron chi connectivity index (χ2n) is 6.23. The fourth-order valence-electron chi connectivity index (χ4n) is 3.37. The van der Waals surface area contributed by atoms with Crippen LogP contribution in [0.5, 0.6) is 11.5 Å². The number of nitrogens with zero attached hydrogens (tertiary/aromatic N) is 2. The van der Waals surface area contributed by atoms with E-state index < -0.39 is 0 Å². The molecule has 0 radical (unpaired) electrons. The first kappa shape index (κ1) is 17.0. The number of benzene rings is 2. The predicted molar refractivity (Wildman–Crippen MR) is 103 cm³/mol. The highest BCUT2D eigenvalue weighted by molar-refractivity contribution is 7.99. The summed E-state index contributed by atoms with van der Waals surface area (Å²) in [5, 5.41) is 8.63. The quantitative estimate of drug-likeness (QED) is 0.711. The van der Waals surface area contributed by atoms with Gasteiger partial charge in [-0.3, -0.25) is 5.10 Å². The Bertz CT molecular complexity index is 910. The number of aromatic amines is 1. The van der Waals surface area contributed by atoms with E-state index in [9.17, 15) is 0 Å². The van der Waals surface area contributed by atoms with Crippen molar-refractivity contribution < 1.29 is 9.47 Å². The minimum absolute atomic E-state index is 0.404. The van der Waals surface area contributed by atoms with Crippen molar-refractivity contribution in [2.75, 3.05) is 14.2 Å². The van der Waals surface area contributed by atoms with Crippen LogP contribution in [0.2, 0.25) is 0 Å². The van der Waals surface area contributed by atoms with Gasteiger partial charge in [0.2, 0.25) is 5.16 Å². The average molecular weight is 367 g/mol. The lowest BCUT2D eigenvalue weighted by atomic mass is 9.91. The molecule has 1 aromatic heterocycles. The summed E-state index contributed by atoms with van der Waals surface area (Å²) in [6, 6.07) is 14.4. The van der Waals surface area contributed by atoms with Crippen LogP contribution in [0.4, 0.5) is 0 Å². The molecule has 1 unspecified atom stereocenters. The van der Waals surface area contributed by atoms with Gasteiger partial charge >= 0.3 is 0 Å². The number of rotatable bonds is 5. The smallest absolute Gasteiger partial charge is 0.209 e. The lowest BCUT2D eigenvalue weighted by Crippen LogP contribution is -2.06. The molecule has 1 aliphatic carbocycles. The molecule has 134 valence electrons. The first-order chi connectivity index (χ1) is 12.8. The molecule has 1 aliphatic rings. The first-order valence-electron chi connectivity index (χ1n) is 8.67. The van der Waals surface area contributed by atoms with Crippen LogP contribution >= 0.6 is 11.8 Å². The van der Waals surface area contributed by atoms with Crippen LogP contribution in [0.1, 0.15) is 29.2 Å². The van der Waals surface area contributed by atoms with Crippen molar-refractivity contribution in [3.05, 3.63) is 53.6 Å². The Morgan fingerprint density at radius 3 is 2.85 bits per heavy atom. The number of fused-ring (bicyclic) bond motifs is 1. The van der Waals surface area contributed by atoms with Gasteiger partial charge in [-0.25, -0.2) is 4.98 Å². The minimum Gasteiger partial charge on any atom is -0.497 e. The summed E-state index contributed by atoms with van der Waals surface area (Å²) in [5.74, 6) is 2.16. The van der Waals surface area contributed by atoms with Gasteiger partial charge in [-0.2, -0.15) is 0 Å². The molecule has 3 aromatic rings. The molecule has 2 aromatic carbocycles. The summed E-state index contributed by atoms with van der Waals surface area (Å²) in [7, 11) is 3.28. The zero-order valence-electron chi connectivity index (χ0n) is 14.9. The second-order valence-corrected chi connectivity index (χ2v) is 7.40. The van der Waals surface area contributed by atoms with Crippen LogP contribution in [-0.4, -0.2) is 29.4 Å². The van der Waals surface area contributed by atoms with E-state index in [1.165, 1.54) is 17.5 Å². The lowest BCUT2D eigenvalue weighted by Gasteiger charge is -2.23. The maximum atomic E-state index is 5.47. The molecule has 1 heterocycles. The van der Waals surface area contributed by atoms with Crippen molar-refractivity contribution in [2.24, 2.45) is 0 Å². The average Bonchev–Trinajstić information content (AvgIpc) is 3.16. The zero-order chi connectivity index (χ0) is 17.9. The summed E-state index contributed by atoms with van der Waals surface area (Å²) < 4.78 is 10.7. The van der Waals surface area contributed by atoms with Crippen molar-refractivity contribution in [1.82, 2.24) is 15.2 Å². The van der Waals surface area contributed by atoms with Crippen molar-refractivity contribution in [1.29, 1.82) is 0 Å². The van der Waals surface area contributed by atoms with Gasteiger partial charge in [0, 0.05) is 11.3 Å². The van der Waals surface area contributed by atoms with E-state index in [2.05, 4.69) is 39.4 Å². The number of thioether (sulfide) groups is 1. The summed E-state index contributed by atoms with van der Waals surface area (Å²) in [5.41, 5.74) is 3.73. The monoisotopic (exact) mass is 367 g/mol. The molecule has 0 saturated carbocycles. The summed E-state index contributed by atoms with van der Waals surface area (Å²) in [4.78, 5) is 4.69. The highest BCUT2D eigenvalue weighted by atomic mass is 32.2. The molecule has 6 heteroatoms. The minimum atomic E-state index is 0.404. The number of nitrogens with one attached hydrogen (secondary N) is 1. The lowest BCUT2D eigenvalue weighted by molar-refractivity contribution is 0.395. The third-order valence-corrected chi connectivity index (χ3v) is 5.86. The Balaban J connectivity index is 1.58. The van der Waals surface area contributed by atoms with Gasteiger partial charge in [0.15, 0.2) is 5.82 Å². The van der Waals surface area contributed by atoms with Crippen molar-refractivity contribution in [3.63, 3.8) is 0 Å². The fourth-order valence-corrected chi connectivity index (χ4v) is 4.51. The van der Waals surface area contributed by atoms with E-state index in [4.69, 9.17) is 9.47 Å². The van der Waals surface area contributed by atoms with E-state index in [1.54, 1.807) is 26.0 Å². The van der Waals surface area contributed by atoms with Crippen LogP contribution in [-0.2, 0) is 6.42 Å². The van der Waals surface area contributed by atoms with Crippen LogP contribution in [0.15, 0.2) is 47.6 Å². The van der Waals surface area contributed by atoms with Crippen LogP contribution in [0.25, 0.3) is 11.4 Å². The molecule has 0 bridgehead atoms. The fraction of sp³-hybridized carbons (Fsp3) is 0.300. The molecule has 26 heavy (non-hydrogen) atoms. The molecule has 0 saturated heterocycles. The number of aryl methyl sites for hydroxylation is 1. The number of aromatic nitrogens is 3. The molecular formula is C20H21N3O2S. The Morgan fingerprint density at radius 1 is 1.12 bits per heavy atom. The Hall–Kier alpha value is -2.47. The van der Waals surface area contributed by atoms with E-state index in [0.29, 0.717) is 16.8 Å². The maximum absolute atomic E-state index is 5.47. The molecule has 1 atom stereocenters. The third-order valence-electron chi connectivity index (χ3n) is 4.69. The van der Waals surface area contributed by atoms with Gasteiger partial charge in [-0.1, -0.05) is 36.0 Å². The second kappa shape index (κ2) is 7.41. The van der Waals surface area contributed by atoms with Crippen LogP contribution in [0, 0.1) is 0 Å². The van der Waals surface area contributed by atoms with Crippen molar-refractivity contribution >= 4 is 11.8 Å². The molecule has 4 rings (SSSR count). The van der Waals surface area contributed by atoms with Crippen molar-refractivity contribution in [3.8, 4) is 22.9 Å².